The van der Waals surface area contributed by atoms with Crippen LogP contribution in [0.25, 0.3) is 0 Å². The molecule has 2 aromatic carbocycles. The molecule has 3 nitrogen and oxygen atoms in total. The third kappa shape index (κ3) is 2.36. The zero-order valence-electron chi connectivity index (χ0n) is 14.3. The Morgan fingerprint density at radius 3 is 2.26 bits per heavy atom. The maximum absolute atomic E-state index is 12.2. The molecule has 1 amide bonds. The number of anilines is 1. The fraction of sp³-hybridized carbons (Fsp3) is 0.350. The van der Waals surface area contributed by atoms with Crippen LogP contribution in [-0.4, -0.2) is 11.0 Å². The zero-order valence-corrected chi connectivity index (χ0v) is 14.3. The first-order valence-corrected chi connectivity index (χ1v) is 7.94. The Balaban J connectivity index is 2.15. The SMILES string of the molecule is Cc1ccc(C(O)c2cc3c(c(C)c2C)NC(=O)C3(C)C)cc1. The fourth-order valence-corrected chi connectivity index (χ4v) is 3.20. The van der Waals surface area contributed by atoms with E-state index in [1.54, 1.807) is 0 Å². The van der Waals surface area contributed by atoms with Crippen molar-refractivity contribution in [1.82, 2.24) is 0 Å². The van der Waals surface area contributed by atoms with E-state index in [0.717, 1.165) is 33.5 Å². The Morgan fingerprint density at radius 1 is 1.04 bits per heavy atom. The van der Waals surface area contributed by atoms with E-state index in [1.807, 2.05) is 65.0 Å². The summed E-state index contributed by atoms with van der Waals surface area (Å²) in [6.45, 7) is 9.87. The molecule has 0 saturated heterocycles. The van der Waals surface area contributed by atoms with Crippen LogP contribution in [0.5, 0.6) is 0 Å². The molecule has 0 bridgehead atoms. The highest BCUT2D eigenvalue weighted by molar-refractivity contribution is 6.06. The van der Waals surface area contributed by atoms with Gasteiger partial charge in [0, 0.05) is 5.69 Å². The minimum atomic E-state index is -0.689. The highest BCUT2D eigenvalue weighted by Crippen LogP contribution is 2.43. The molecule has 0 aromatic heterocycles. The van der Waals surface area contributed by atoms with Crippen molar-refractivity contribution in [1.29, 1.82) is 0 Å². The van der Waals surface area contributed by atoms with E-state index < -0.39 is 11.5 Å². The van der Waals surface area contributed by atoms with Gasteiger partial charge in [-0.2, -0.15) is 0 Å². The number of rotatable bonds is 2. The standard InChI is InChI=1S/C20H23NO2/c1-11-6-8-14(9-7-11)18(22)15-10-16-17(13(3)12(15)2)21-19(23)20(16,4)5/h6-10,18,22H,1-5H3,(H,21,23). The van der Waals surface area contributed by atoms with Gasteiger partial charge < -0.3 is 10.4 Å². The molecular formula is C20H23NO2. The summed E-state index contributed by atoms with van der Waals surface area (Å²) in [5.41, 5.74) is 6.25. The van der Waals surface area contributed by atoms with Crippen molar-refractivity contribution in [3.05, 3.63) is 63.7 Å². The summed E-state index contributed by atoms with van der Waals surface area (Å²) in [5, 5.41) is 13.8. The number of aryl methyl sites for hydroxylation is 1. The third-order valence-electron chi connectivity index (χ3n) is 5.11. The van der Waals surface area contributed by atoms with Crippen molar-refractivity contribution in [2.45, 2.75) is 46.1 Å². The summed E-state index contributed by atoms with van der Waals surface area (Å²) in [7, 11) is 0. The van der Waals surface area contributed by atoms with Crippen LogP contribution in [-0.2, 0) is 10.2 Å². The highest BCUT2D eigenvalue weighted by Gasteiger charge is 2.40. The number of carbonyl (C=O) groups excluding carboxylic acids is 1. The zero-order chi connectivity index (χ0) is 16.9. The number of carbonyl (C=O) groups is 1. The first-order valence-electron chi connectivity index (χ1n) is 7.94. The number of benzene rings is 2. The third-order valence-corrected chi connectivity index (χ3v) is 5.11. The van der Waals surface area contributed by atoms with Gasteiger partial charge in [-0.25, -0.2) is 0 Å². The second kappa shape index (κ2) is 5.20. The normalized spacial score (nSPS) is 16.9. The summed E-state index contributed by atoms with van der Waals surface area (Å²) in [6.07, 6.45) is -0.689. The number of aliphatic hydroxyl groups is 1. The van der Waals surface area contributed by atoms with Gasteiger partial charge in [0.05, 0.1) is 5.41 Å². The maximum atomic E-state index is 12.2. The van der Waals surface area contributed by atoms with Crippen molar-refractivity contribution < 1.29 is 9.90 Å². The van der Waals surface area contributed by atoms with E-state index in [9.17, 15) is 9.90 Å². The Kier molecular flexibility index (Phi) is 3.56. The lowest BCUT2D eigenvalue weighted by Crippen LogP contribution is -2.27. The molecular weight excluding hydrogens is 286 g/mol. The van der Waals surface area contributed by atoms with Gasteiger partial charge in [0.15, 0.2) is 0 Å². The molecule has 0 spiro atoms. The first-order chi connectivity index (χ1) is 10.7. The number of nitrogens with one attached hydrogen (secondary N) is 1. The molecule has 1 unspecified atom stereocenters. The lowest BCUT2D eigenvalue weighted by atomic mass is 9.82. The van der Waals surface area contributed by atoms with Crippen LogP contribution in [0, 0.1) is 20.8 Å². The number of fused-ring (bicyclic) bond motifs is 1. The van der Waals surface area contributed by atoms with E-state index in [4.69, 9.17) is 0 Å². The maximum Gasteiger partial charge on any atom is 0.234 e. The summed E-state index contributed by atoms with van der Waals surface area (Å²) in [5.74, 6) is 0.0111. The molecule has 1 heterocycles. The van der Waals surface area contributed by atoms with Crippen molar-refractivity contribution >= 4 is 11.6 Å². The van der Waals surface area contributed by atoms with Gasteiger partial charge >= 0.3 is 0 Å². The van der Waals surface area contributed by atoms with Gasteiger partial charge in [0.1, 0.15) is 6.10 Å². The van der Waals surface area contributed by atoms with Gasteiger partial charge in [-0.3, -0.25) is 4.79 Å². The predicted octanol–water partition coefficient (Wildman–Crippen LogP) is 3.92. The molecule has 23 heavy (non-hydrogen) atoms. The molecule has 1 aliphatic rings. The van der Waals surface area contributed by atoms with Gasteiger partial charge in [0.25, 0.3) is 0 Å². The average Bonchev–Trinajstić information content (AvgIpc) is 2.74. The monoisotopic (exact) mass is 309 g/mol. The average molecular weight is 309 g/mol. The Hall–Kier alpha value is -2.13. The summed E-state index contributed by atoms with van der Waals surface area (Å²) in [4.78, 5) is 12.2. The van der Waals surface area contributed by atoms with Crippen molar-refractivity contribution in [2.75, 3.05) is 5.32 Å². The van der Waals surface area contributed by atoms with Crippen molar-refractivity contribution in [3.8, 4) is 0 Å². The molecule has 0 saturated carbocycles. The van der Waals surface area contributed by atoms with E-state index in [1.165, 1.54) is 5.56 Å². The molecule has 120 valence electrons. The largest absolute Gasteiger partial charge is 0.384 e. The molecule has 2 N–H and O–H groups in total. The Labute approximate surface area is 137 Å². The lowest BCUT2D eigenvalue weighted by molar-refractivity contribution is -0.119. The molecule has 3 heteroatoms. The predicted molar refractivity (Wildman–Crippen MR) is 92.8 cm³/mol. The van der Waals surface area contributed by atoms with E-state index in [-0.39, 0.29) is 5.91 Å². The van der Waals surface area contributed by atoms with Crippen LogP contribution in [0.4, 0.5) is 5.69 Å². The highest BCUT2D eigenvalue weighted by atomic mass is 16.3. The Bertz CT molecular complexity index is 788. The molecule has 0 fully saturated rings. The van der Waals surface area contributed by atoms with E-state index >= 15 is 0 Å². The van der Waals surface area contributed by atoms with E-state index in [2.05, 4.69) is 5.32 Å². The van der Waals surface area contributed by atoms with E-state index in [0.29, 0.717) is 0 Å². The molecule has 0 radical (unpaired) electrons. The van der Waals surface area contributed by atoms with Crippen LogP contribution >= 0.6 is 0 Å². The summed E-state index contributed by atoms with van der Waals surface area (Å²) in [6, 6.07) is 9.90. The van der Waals surface area contributed by atoms with Crippen LogP contribution in [0.2, 0.25) is 0 Å². The number of hydrogen-bond donors (Lipinski definition) is 2. The minimum absolute atomic E-state index is 0.0111. The summed E-state index contributed by atoms with van der Waals surface area (Å²) >= 11 is 0. The topological polar surface area (TPSA) is 49.3 Å². The molecule has 0 aliphatic carbocycles. The van der Waals surface area contributed by atoms with Crippen LogP contribution in [0.1, 0.15) is 53.3 Å². The molecule has 2 aromatic rings. The smallest absolute Gasteiger partial charge is 0.234 e. The van der Waals surface area contributed by atoms with Gasteiger partial charge in [-0.15, -0.1) is 0 Å². The lowest BCUT2D eigenvalue weighted by Gasteiger charge is -2.21. The summed E-state index contributed by atoms with van der Waals surface area (Å²) < 4.78 is 0. The molecule has 1 atom stereocenters. The minimum Gasteiger partial charge on any atom is -0.384 e. The van der Waals surface area contributed by atoms with Gasteiger partial charge in [-0.1, -0.05) is 29.8 Å². The van der Waals surface area contributed by atoms with Gasteiger partial charge in [-0.05, 0) is 68.5 Å². The quantitative estimate of drug-likeness (QED) is 0.883. The molecule has 3 rings (SSSR count). The van der Waals surface area contributed by atoms with Crippen LogP contribution in [0.15, 0.2) is 30.3 Å². The second-order valence-corrected chi connectivity index (χ2v) is 7.03. The fourth-order valence-electron chi connectivity index (χ4n) is 3.20. The van der Waals surface area contributed by atoms with Crippen molar-refractivity contribution in [3.63, 3.8) is 0 Å². The van der Waals surface area contributed by atoms with Crippen LogP contribution in [0.3, 0.4) is 0 Å². The Morgan fingerprint density at radius 2 is 1.65 bits per heavy atom. The number of amides is 1. The molecule has 1 aliphatic heterocycles. The number of aliphatic hydroxyl groups excluding tert-OH is 1. The second-order valence-electron chi connectivity index (χ2n) is 7.03. The van der Waals surface area contributed by atoms with Gasteiger partial charge in [0.2, 0.25) is 5.91 Å². The first kappa shape index (κ1) is 15.8. The number of hydrogen-bond acceptors (Lipinski definition) is 2. The van der Waals surface area contributed by atoms with Crippen LogP contribution < -0.4 is 5.32 Å². The van der Waals surface area contributed by atoms with Crippen molar-refractivity contribution in [2.24, 2.45) is 0 Å².